The quantitative estimate of drug-likeness (QED) is 0.323. The first kappa shape index (κ1) is 31.2. The third-order valence-electron chi connectivity index (χ3n) is 9.21. The summed E-state index contributed by atoms with van der Waals surface area (Å²) >= 11 is 0. The molecule has 2 aliphatic rings. The lowest BCUT2D eigenvalue weighted by atomic mass is 9.78. The van der Waals surface area contributed by atoms with E-state index in [0.29, 0.717) is 25.7 Å². The van der Waals surface area contributed by atoms with Crippen LogP contribution < -0.4 is 4.74 Å². The molecule has 218 valence electrons. The van der Waals surface area contributed by atoms with Crippen LogP contribution in [0.5, 0.6) is 5.75 Å². The Balaban J connectivity index is 1.83. The van der Waals surface area contributed by atoms with Gasteiger partial charge in [-0.1, -0.05) is 24.3 Å². The third kappa shape index (κ3) is 7.23. The number of rotatable bonds is 7. The highest BCUT2D eigenvalue weighted by molar-refractivity contribution is 5.98. The Morgan fingerprint density at radius 2 is 1.10 bits per heavy atom. The molecule has 1 aromatic carbocycles. The van der Waals surface area contributed by atoms with Gasteiger partial charge in [0.2, 0.25) is 0 Å². The minimum atomic E-state index is -1.15. The topological polar surface area (TPSA) is 68.3 Å². The number of ether oxygens (including phenoxy) is 3. The van der Waals surface area contributed by atoms with E-state index in [1.165, 1.54) is 0 Å². The van der Waals surface area contributed by atoms with Crippen LogP contribution in [-0.2, 0) is 19.1 Å². The van der Waals surface area contributed by atoms with Gasteiger partial charge < -0.3 is 14.2 Å². The molecule has 39 heavy (non-hydrogen) atoms. The Morgan fingerprint density at radius 1 is 0.744 bits per heavy atom. The van der Waals surface area contributed by atoms with E-state index < -0.39 is 17.9 Å². The van der Waals surface area contributed by atoms with Crippen molar-refractivity contribution in [1.29, 1.82) is 0 Å². The van der Waals surface area contributed by atoms with Gasteiger partial charge in [0.25, 0.3) is 0 Å². The van der Waals surface area contributed by atoms with E-state index in [2.05, 4.69) is 79.3 Å². The monoisotopic (exact) mass is 542 g/mol. The zero-order valence-electron chi connectivity index (χ0n) is 26.0. The van der Waals surface area contributed by atoms with E-state index in [4.69, 9.17) is 14.2 Å². The number of esters is 2. The number of piperidine rings is 2. The van der Waals surface area contributed by atoms with Gasteiger partial charge in [-0.05, 0) is 87.2 Å². The van der Waals surface area contributed by atoms with Gasteiger partial charge in [0, 0.05) is 47.8 Å². The van der Waals surface area contributed by atoms with E-state index in [1.807, 2.05) is 24.3 Å². The van der Waals surface area contributed by atoms with Crippen molar-refractivity contribution in [2.75, 3.05) is 21.2 Å². The summed E-state index contributed by atoms with van der Waals surface area (Å²) in [5.41, 5.74) is 0.268. The molecule has 0 bridgehead atoms. The molecule has 0 atom stereocenters. The summed E-state index contributed by atoms with van der Waals surface area (Å²) in [7, 11) is 5.84. The first-order valence-corrected chi connectivity index (χ1v) is 14.1. The van der Waals surface area contributed by atoms with E-state index in [9.17, 15) is 9.59 Å². The standard InChI is InChI=1S/C32H50N2O5/c1-29(2)18-24(19-30(3,4)33(29)9)38-27(35)26(17-14-22-12-15-23(37-11)16-13-22)28(36)39-25-20-31(5,6)34(10)32(7,8)21-25/h12-17,24-26H,18-21H2,1-11H3. The summed E-state index contributed by atoms with van der Waals surface area (Å²) in [6.45, 7) is 17.3. The van der Waals surface area contributed by atoms with Gasteiger partial charge in [-0.2, -0.15) is 0 Å². The Bertz CT molecular complexity index is 965. The Morgan fingerprint density at radius 3 is 1.44 bits per heavy atom. The molecule has 0 unspecified atom stereocenters. The molecule has 0 aromatic heterocycles. The van der Waals surface area contributed by atoms with Crippen LogP contribution in [0.3, 0.4) is 0 Å². The predicted molar refractivity (Wildman–Crippen MR) is 156 cm³/mol. The molecule has 2 saturated heterocycles. The van der Waals surface area contributed by atoms with Gasteiger partial charge in [-0.3, -0.25) is 19.4 Å². The average molecular weight is 543 g/mol. The van der Waals surface area contributed by atoms with Crippen LogP contribution in [0.15, 0.2) is 30.3 Å². The second kappa shape index (κ2) is 11.2. The SMILES string of the molecule is COc1ccc(C=CC(C(=O)OC2CC(C)(C)N(C)C(C)(C)C2)C(=O)OC2CC(C)(C)N(C)C(C)(C)C2)cc1. The molecule has 2 aliphatic heterocycles. The molecular weight excluding hydrogens is 492 g/mol. The molecule has 0 saturated carbocycles. The van der Waals surface area contributed by atoms with Crippen LogP contribution in [-0.4, -0.2) is 77.3 Å². The Labute approximate surface area is 235 Å². The zero-order chi connectivity index (χ0) is 29.4. The molecule has 7 nitrogen and oxygen atoms in total. The number of nitrogens with zero attached hydrogens (tertiary/aromatic N) is 2. The molecule has 2 fully saturated rings. The number of methoxy groups -OCH3 is 1. The van der Waals surface area contributed by atoms with Gasteiger partial charge in [0.15, 0.2) is 5.92 Å². The van der Waals surface area contributed by atoms with Crippen LogP contribution >= 0.6 is 0 Å². The van der Waals surface area contributed by atoms with Gasteiger partial charge in [0.05, 0.1) is 7.11 Å². The molecule has 0 aliphatic carbocycles. The molecule has 0 radical (unpaired) electrons. The number of benzene rings is 1. The van der Waals surface area contributed by atoms with Crippen molar-refractivity contribution in [2.45, 2.75) is 115 Å². The highest BCUT2D eigenvalue weighted by Gasteiger charge is 2.47. The summed E-state index contributed by atoms with van der Waals surface area (Å²) in [4.78, 5) is 31.9. The van der Waals surface area contributed by atoms with Gasteiger partial charge >= 0.3 is 11.9 Å². The molecule has 0 spiro atoms. The number of likely N-dealkylation sites (tertiary alicyclic amines) is 2. The summed E-state index contributed by atoms with van der Waals surface area (Å²) in [5.74, 6) is -1.53. The van der Waals surface area contributed by atoms with Crippen LogP contribution in [0.25, 0.3) is 6.08 Å². The number of carbonyl (C=O) groups is 2. The van der Waals surface area contributed by atoms with Crippen molar-refractivity contribution in [3.63, 3.8) is 0 Å². The molecular formula is C32H50N2O5. The van der Waals surface area contributed by atoms with Crippen molar-refractivity contribution in [1.82, 2.24) is 9.80 Å². The first-order valence-electron chi connectivity index (χ1n) is 14.1. The molecule has 7 heteroatoms. The molecule has 2 heterocycles. The lowest BCUT2D eigenvalue weighted by Crippen LogP contribution is -2.60. The van der Waals surface area contributed by atoms with Crippen LogP contribution in [0.1, 0.15) is 86.6 Å². The first-order chi connectivity index (χ1) is 17.9. The summed E-state index contributed by atoms with van der Waals surface area (Å²) < 4.78 is 17.4. The smallest absolute Gasteiger partial charge is 0.324 e. The van der Waals surface area contributed by atoms with Crippen LogP contribution in [0, 0.1) is 5.92 Å². The summed E-state index contributed by atoms with van der Waals surface area (Å²) in [6, 6.07) is 7.45. The Hall–Kier alpha value is -2.38. The lowest BCUT2D eigenvalue weighted by Gasteiger charge is -2.53. The molecule has 0 amide bonds. The molecule has 3 rings (SSSR count). The maximum Gasteiger partial charge on any atom is 0.324 e. The van der Waals surface area contributed by atoms with Crippen molar-refractivity contribution in [3.8, 4) is 5.75 Å². The van der Waals surface area contributed by atoms with Gasteiger partial charge in [0.1, 0.15) is 18.0 Å². The minimum absolute atomic E-state index is 0.146. The number of carbonyl (C=O) groups excluding carboxylic acids is 2. The second-order valence-electron chi connectivity index (χ2n) is 13.9. The number of hydrogen-bond donors (Lipinski definition) is 0. The van der Waals surface area contributed by atoms with E-state index in [0.717, 1.165) is 11.3 Å². The maximum absolute atomic E-state index is 13.6. The summed E-state index contributed by atoms with van der Waals surface area (Å²) in [6.07, 6.45) is 5.59. The van der Waals surface area contributed by atoms with E-state index >= 15 is 0 Å². The fraction of sp³-hybridized carbons (Fsp3) is 0.688. The van der Waals surface area contributed by atoms with Crippen molar-refractivity contribution < 1.29 is 23.8 Å². The van der Waals surface area contributed by atoms with Crippen LogP contribution in [0.4, 0.5) is 0 Å². The minimum Gasteiger partial charge on any atom is -0.497 e. The molecule has 1 aromatic rings. The van der Waals surface area contributed by atoms with Crippen LogP contribution in [0.2, 0.25) is 0 Å². The summed E-state index contributed by atoms with van der Waals surface area (Å²) in [5, 5.41) is 0. The van der Waals surface area contributed by atoms with Gasteiger partial charge in [-0.25, -0.2) is 0 Å². The second-order valence-corrected chi connectivity index (χ2v) is 13.9. The zero-order valence-corrected chi connectivity index (χ0v) is 26.0. The maximum atomic E-state index is 13.6. The number of hydrogen-bond acceptors (Lipinski definition) is 7. The predicted octanol–water partition coefficient (Wildman–Crippen LogP) is 5.71. The lowest BCUT2D eigenvalue weighted by molar-refractivity contribution is -0.174. The van der Waals surface area contributed by atoms with Crippen molar-refractivity contribution in [3.05, 3.63) is 35.9 Å². The Kier molecular flexibility index (Phi) is 8.98. The van der Waals surface area contributed by atoms with E-state index in [1.54, 1.807) is 19.3 Å². The van der Waals surface area contributed by atoms with Gasteiger partial charge in [-0.15, -0.1) is 0 Å². The largest absolute Gasteiger partial charge is 0.497 e. The highest BCUT2D eigenvalue weighted by atomic mass is 16.6. The fourth-order valence-electron chi connectivity index (χ4n) is 6.38. The average Bonchev–Trinajstić information content (AvgIpc) is 2.80. The third-order valence-corrected chi connectivity index (χ3v) is 9.21. The van der Waals surface area contributed by atoms with Crippen molar-refractivity contribution in [2.24, 2.45) is 5.92 Å². The van der Waals surface area contributed by atoms with E-state index in [-0.39, 0.29) is 34.4 Å². The fourth-order valence-corrected chi connectivity index (χ4v) is 6.38. The normalized spacial score (nSPS) is 23.6. The highest BCUT2D eigenvalue weighted by Crippen LogP contribution is 2.40. The van der Waals surface area contributed by atoms with Crippen molar-refractivity contribution >= 4 is 18.0 Å². The molecule has 0 N–H and O–H groups in total.